The molecule has 0 aliphatic rings. The molecule has 0 unspecified atom stereocenters. The van der Waals surface area contributed by atoms with E-state index in [0.717, 1.165) is 5.56 Å². The number of amides is 1. The van der Waals surface area contributed by atoms with Gasteiger partial charge in [-0.2, -0.15) is 4.98 Å². The molecule has 7 nitrogen and oxygen atoms in total. The fraction of sp³-hybridized carbons (Fsp3) is 0.615. The van der Waals surface area contributed by atoms with E-state index in [0.29, 0.717) is 24.5 Å². The van der Waals surface area contributed by atoms with Crippen LogP contribution in [0.3, 0.4) is 0 Å². The summed E-state index contributed by atoms with van der Waals surface area (Å²) in [5.41, 5.74) is 1.50. The molecule has 2 N–H and O–H groups in total. The van der Waals surface area contributed by atoms with Gasteiger partial charge in [0.2, 0.25) is 5.91 Å². The van der Waals surface area contributed by atoms with Gasteiger partial charge in [0.15, 0.2) is 0 Å². The number of aromatic amines is 1. The van der Waals surface area contributed by atoms with Crippen molar-refractivity contribution < 1.29 is 14.6 Å². The van der Waals surface area contributed by atoms with Crippen LogP contribution >= 0.6 is 0 Å². The van der Waals surface area contributed by atoms with Gasteiger partial charge in [-0.1, -0.05) is 0 Å². The van der Waals surface area contributed by atoms with E-state index in [1.54, 1.807) is 21.0 Å². The summed E-state index contributed by atoms with van der Waals surface area (Å²) in [7, 11) is 1.56. The van der Waals surface area contributed by atoms with Crippen LogP contribution in [0.5, 0.6) is 0 Å². The summed E-state index contributed by atoms with van der Waals surface area (Å²) in [6.45, 7) is 4.44. The predicted octanol–water partition coefficient (Wildman–Crippen LogP) is -0.603. The number of carbonyl (C=O) groups is 1. The third kappa shape index (κ3) is 4.43. The number of H-pyrrole nitrogens is 1. The molecule has 0 aliphatic carbocycles. The second kappa shape index (κ2) is 7.76. The van der Waals surface area contributed by atoms with Gasteiger partial charge in [-0.3, -0.25) is 4.79 Å². The zero-order chi connectivity index (χ0) is 15.1. The average molecular weight is 283 g/mol. The highest BCUT2D eigenvalue weighted by Gasteiger charge is 2.16. The van der Waals surface area contributed by atoms with Crippen molar-refractivity contribution >= 4 is 5.91 Å². The smallest absolute Gasteiger partial charge is 0.345 e. The number of nitrogens with zero attached hydrogens (tertiary/aromatic N) is 2. The molecule has 0 atom stereocenters. The third-order valence-corrected chi connectivity index (χ3v) is 3.07. The van der Waals surface area contributed by atoms with E-state index in [4.69, 9.17) is 9.84 Å². The lowest BCUT2D eigenvalue weighted by atomic mass is 10.1. The highest BCUT2D eigenvalue weighted by atomic mass is 16.5. The molecule has 7 heteroatoms. The van der Waals surface area contributed by atoms with Crippen LogP contribution < -0.4 is 5.69 Å². The summed E-state index contributed by atoms with van der Waals surface area (Å²) < 4.78 is 4.95. The Balaban J connectivity index is 2.85. The number of hydrogen-bond donors (Lipinski definition) is 2. The molecular weight excluding hydrogens is 262 g/mol. The lowest BCUT2D eigenvalue weighted by Gasteiger charge is -2.22. The van der Waals surface area contributed by atoms with Gasteiger partial charge in [0.1, 0.15) is 0 Å². The summed E-state index contributed by atoms with van der Waals surface area (Å²) in [6, 6.07) is 0. The molecule has 0 aliphatic heterocycles. The van der Waals surface area contributed by atoms with Crippen LogP contribution in [0.15, 0.2) is 4.79 Å². The van der Waals surface area contributed by atoms with Gasteiger partial charge in [-0.15, -0.1) is 0 Å². The van der Waals surface area contributed by atoms with E-state index in [1.807, 2.05) is 0 Å². The molecule has 0 radical (unpaired) electrons. The standard InChI is InChI=1S/C13H21N3O4/c1-9-11(10(2)15-13(19)14-9)8-12(18)16(4-6-17)5-7-20-3/h17H,4-8H2,1-3H3,(H,14,15,19). The first-order valence-electron chi connectivity index (χ1n) is 6.43. The molecule has 0 saturated heterocycles. The summed E-state index contributed by atoms with van der Waals surface area (Å²) in [5, 5.41) is 9.00. The van der Waals surface area contributed by atoms with Crippen molar-refractivity contribution in [3.8, 4) is 0 Å². The lowest BCUT2D eigenvalue weighted by molar-refractivity contribution is -0.131. The SMILES string of the molecule is COCCN(CCO)C(=O)Cc1c(C)nc(=O)[nH]c1C. The number of ether oxygens (including phenoxy) is 1. The second-order valence-electron chi connectivity index (χ2n) is 4.50. The van der Waals surface area contributed by atoms with E-state index >= 15 is 0 Å². The van der Waals surface area contributed by atoms with Crippen LogP contribution in [0.1, 0.15) is 17.0 Å². The van der Waals surface area contributed by atoms with E-state index in [-0.39, 0.29) is 25.5 Å². The monoisotopic (exact) mass is 283 g/mol. The van der Waals surface area contributed by atoms with Crippen molar-refractivity contribution in [1.82, 2.24) is 14.9 Å². The quantitative estimate of drug-likeness (QED) is 0.696. The molecule has 0 bridgehead atoms. The molecule has 112 valence electrons. The molecule has 1 aromatic heterocycles. The molecule has 20 heavy (non-hydrogen) atoms. The number of nitrogens with one attached hydrogen (secondary N) is 1. The molecule has 0 spiro atoms. The van der Waals surface area contributed by atoms with Gasteiger partial charge in [0.05, 0.1) is 19.6 Å². The summed E-state index contributed by atoms with van der Waals surface area (Å²) in [5.74, 6) is -0.129. The minimum absolute atomic E-state index is 0.0999. The number of aromatic nitrogens is 2. The first-order valence-corrected chi connectivity index (χ1v) is 6.43. The van der Waals surface area contributed by atoms with Gasteiger partial charge in [-0.25, -0.2) is 4.79 Å². The average Bonchev–Trinajstić information content (AvgIpc) is 2.38. The maximum absolute atomic E-state index is 12.2. The molecule has 1 aromatic rings. The lowest BCUT2D eigenvalue weighted by Crippen LogP contribution is -2.37. The summed E-state index contributed by atoms with van der Waals surface area (Å²) in [4.78, 5) is 31.4. The fourth-order valence-corrected chi connectivity index (χ4v) is 1.96. The van der Waals surface area contributed by atoms with Crippen molar-refractivity contribution in [2.24, 2.45) is 0 Å². The molecule has 1 rings (SSSR count). The molecule has 0 fully saturated rings. The van der Waals surface area contributed by atoms with Crippen molar-refractivity contribution in [2.45, 2.75) is 20.3 Å². The largest absolute Gasteiger partial charge is 0.395 e. The number of aliphatic hydroxyl groups is 1. The Labute approximate surface area is 117 Å². The number of aliphatic hydroxyl groups excluding tert-OH is 1. The summed E-state index contributed by atoms with van der Waals surface area (Å²) >= 11 is 0. The minimum Gasteiger partial charge on any atom is -0.395 e. The van der Waals surface area contributed by atoms with Crippen LogP contribution in [-0.4, -0.2) is 59.3 Å². The Morgan fingerprint density at radius 1 is 1.40 bits per heavy atom. The zero-order valence-corrected chi connectivity index (χ0v) is 12.1. The minimum atomic E-state index is -0.414. The molecule has 1 heterocycles. The van der Waals surface area contributed by atoms with Crippen molar-refractivity contribution in [2.75, 3.05) is 33.4 Å². The van der Waals surface area contributed by atoms with E-state index < -0.39 is 5.69 Å². The number of methoxy groups -OCH3 is 1. The Bertz CT molecular complexity index is 487. The summed E-state index contributed by atoms with van der Waals surface area (Å²) in [6.07, 6.45) is 0.144. The van der Waals surface area contributed by atoms with Gasteiger partial charge >= 0.3 is 5.69 Å². The zero-order valence-electron chi connectivity index (χ0n) is 12.1. The maximum atomic E-state index is 12.2. The number of rotatable bonds is 7. The topological polar surface area (TPSA) is 95.5 Å². The molecule has 1 amide bonds. The van der Waals surface area contributed by atoms with E-state index in [1.165, 1.54) is 4.90 Å². The van der Waals surface area contributed by atoms with Crippen LogP contribution in [0.4, 0.5) is 0 Å². The van der Waals surface area contributed by atoms with Crippen LogP contribution in [-0.2, 0) is 16.0 Å². The van der Waals surface area contributed by atoms with Gasteiger partial charge in [0.25, 0.3) is 0 Å². The van der Waals surface area contributed by atoms with Crippen LogP contribution in [0, 0.1) is 13.8 Å². The maximum Gasteiger partial charge on any atom is 0.345 e. The normalized spacial score (nSPS) is 10.6. The first-order chi connectivity index (χ1) is 9.49. The van der Waals surface area contributed by atoms with Crippen molar-refractivity contribution in [1.29, 1.82) is 0 Å². The van der Waals surface area contributed by atoms with Crippen LogP contribution in [0.2, 0.25) is 0 Å². The van der Waals surface area contributed by atoms with E-state index in [9.17, 15) is 9.59 Å². The number of carbonyl (C=O) groups excluding carboxylic acids is 1. The van der Waals surface area contributed by atoms with Gasteiger partial charge < -0.3 is 19.7 Å². The molecule has 0 saturated carbocycles. The fourth-order valence-electron chi connectivity index (χ4n) is 1.96. The Hall–Kier alpha value is -1.73. The Morgan fingerprint density at radius 3 is 2.65 bits per heavy atom. The third-order valence-electron chi connectivity index (χ3n) is 3.07. The second-order valence-corrected chi connectivity index (χ2v) is 4.50. The van der Waals surface area contributed by atoms with Gasteiger partial charge in [0, 0.05) is 37.2 Å². The Kier molecular flexibility index (Phi) is 6.33. The highest BCUT2D eigenvalue weighted by molar-refractivity contribution is 5.79. The van der Waals surface area contributed by atoms with Crippen molar-refractivity contribution in [3.63, 3.8) is 0 Å². The van der Waals surface area contributed by atoms with Gasteiger partial charge in [-0.05, 0) is 13.8 Å². The van der Waals surface area contributed by atoms with E-state index in [2.05, 4.69) is 9.97 Å². The Morgan fingerprint density at radius 2 is 2.10 bits per heavy atom. The molecular formula is C13H21N3O4. The first kappa shape index (κ1) is 16.3. The number of hydrogen-bond acceptors (Lipinski definition) is 5. The predicted molar refractivity (Wildman–Crippen MR) is 73.6 cm³/mol. The van der Waals surface area contributed by atoms with Crippen molar-refractivity contribution in [3.05, 3.63) is 27.4 Å². The van der Waals surface area contributed by atoms with Crippen LogP contribution in [0.25, 0.3) is 0 Å². The highest BCUT2D eigenvalue weighted by Crippen LogP contribution is 2.09. The number of aryl methyl sites for hydroxylation is 2. The molecule has 0 aromatic carbocycles.